The van der Waals surface area contributed by atoms with Crippen molar-refractivity contribution < 1.29 is 14.6 Å². The molecule has 1 fully saturated rings. The molecule has 0 aliphatic carbocycles. The Morgan fingerprint density at radius 3 is 3.04 bits per heavy atom. The van der Waals surface area contributed by atoms with Gasteiger partial charge in [0.25, 0.3) is 0 Å². The molecular formula is C19H24N2O3. The standard InChI is InChI=1S/C19H24N2O3/c1-14(22)15-5-2-6-17(11-15)24-13-16(23)12-21-10-4-8-19(21)18-7-3-9-20-18/h2-3,5-7,9,11,16,19-20,23H,4,8,10,12-13H2,1H3. The van der Waals surface area contributed by atoms with E-state index in [1.807, 2.05) is 12.3 Å². The fourth-order valence-corrected chi connectivity index (χ4v) is 3.27. The van der Waals surface area contributed by atoms with Crippen molar-refractivity contribution >= 4 is 5.78 Å². The van der Waals surface area contributed by atoms with E-state index in [1.54, 1.807) is 24.3 Å². The number of rotatable bonds is 7. The first-order valence-corrected chi connectivity index (χ1v) is 8.42. The quantitative estimate of drug-likeness (QED) is 0.767. The number of benzene rings is 1. The number of nitrogens with zero attached hydrogens (tertiary/aromatic N) is 1. The summed E-state index contributed by atoms with van der Waals surface area (Å²) >= 11 is 0. The van der Waals surface area contributed by atoms with Crippen molar-refractivity contribution in [2.24, 2.45) is 0 Å². The van der Waals surface area contributed by atoms with Gasteiger partial charge in [-0.1, -0.05) is 12.1 Å². The van der Waals surface area contributed by atoms with Crippen molar-refractivity contribution in [3.05, 3.63) is 53.9 Å². The second-order valence-electron chi connectivity index (χ2n) is 6.33. The second-order valence-corrected chi connectivity index (χ2v) is 6.33. The molecule has 2 aromatic rings. The summed E-state index contributed by atoms with van der Waals surface area (Å²) in [5.41, 5.74) is 1.82. The fourth-order valence-electron chi connectivity index (χ4n) is 3.27. The maximum Gasteiger partial charge on any atom is 0.159 e. The van der Waals surface area contributed by atoms with Gasteiger partial charge in [-0.2, -0.15) is 0 Å². The van der Waals surface area contributed by atoms with Gasteiger partial charge in [0.05, 0.1) is 0 Å². The molecule has 0 amide bonds. The highest BCUT2D eigenvalue weighted by Gasteiger charge is 2.28. The molecule has 5 nitrogen and oxygen atoms in total. The molecule has 1 aromatic heterocycles. The first-order valence-electron chi connectivity index (χ1n) is 8.42. The van der Waals surface area contributed by atoms with Crippen LogP contribution in [0, 0.1) is 0 Å². The van der Waals surface area contributed by atoms with E-state index >= 15 is 0 Å². The molecule has 1 aromatic carbocycles. The van der Waals surface area contributed by atoms with Crippen LogP contribution >= 0.6 is 0 Å². The zero-order chi connectivity index (χ0) is 16.9. The van der Waals surface area contributed by atoms with E-state index in [0.29, 0.717) is 23.9 Å². The molecule has 128 valence electrons. The molecule has 2 atom stereocenters. The average molecular weight is 328 g/mol. The Bertz CT molecular complexity index is 669. The first-order chi connectivity index (χ1) is 11.6. The predicted octanol–water partition coefficient (Wildman–Crippen LogP) is 2.79. The van der Waals surface area contributed by atoms with Gasteiger partial charge >= 0.3 is 0 Å². The SMILES string of the molecule is CC(=O)c1cccc(OCC(O)CN2CCCC2c2ccc[nH]2)c1. The molecule has 0 bridgehead atoms. The van der Waals surface area contributed by atoms with Crippen molar-refractivity contribution in [2.75, 3.05) is 19.7 Å². The number of ketones is 1. The minimum absolute atomic E-state index is 0.00635. The fraction of sp³-hybridized carbons (Fsp3) is 0.421. The van der Waals surface area contributed by atoms with Crippen LogP contribution in [-0.4, -0.2) is 46.6 Å². The number of H-pyrrole nitrogens is 1. The number of aromatic amines is 1. The van der Waals surface area contributed by atoms with Gasteiger partial charge in [0, 0.05) is 30.0 Å². The van der Waals surface area contributed by atoms with Crippen molar-refractivity contribution in [1.82, 2.24) is 9.88 Å². The number of carbonyl (C=O) groups is 1. The number of hydrogen-bond donors (Lipinski definition) is 2. The number of aromatic nitrogens is 1. The molecule has 5 heteroatoms. The maximum absolute atomic E-state index is 11.4. The highest BCUT2D eigenvalue weighted by Crippen LogP contribution is 2.30. The summed E-state index contributed by atoms with van der Waals surface area (Å²) in [5, 5.41) is 10.3. The molecule has 0 saturated carbocycles. The summed E-state index contributed by atoms with van der Waals surface area (Å²) in [6, 6.07) is 11.5. The molecule has 2 N–H and O–H groups in total. The topological polar surface area (TPSA) is 65.6 Å². The summed E-state index contributed by atoms with van der Waals surface area (Å²) in [6.07, 6.45) is 3.61. The van der Waals surface area contributed by atoms with Gasteiger partial charge in [-0.3, -0.25) is 9.69 Å². The number of hydrogen-bond acceptors (Lipinski definition) is 4. The summed E-state index contributed by atoms with van der Waals surface area (Å²) in [6.45, 7) is 3.31. The number of carbonyl (C=O) groups excluding carboxylic acids is 1. The molecule has 2 unspecified atom stereocenters. The van der Waals surface area contributed by atoms with Crippen LogP contribution in [0.5, 0.6) is 5.75 Å². The molecule has 0 spiro atoms. The normalized spacial score (nSPS) is 19.3. The van der Waals surface area contributed by atoms with Gasteiger partial charge < -0.3 is 14.8 Å². The number of β-amino-alcohol motifs (C(OH)–C–C–N with tert-alkyl or cyclic N) is 1. The van der Waals surface area contributed by atoms with E-state index in [1.165, 1.54) is 12.6 Å². The number of ether oxygens (including phenoxy) is 1. The maximum atomic E-state index is 11.4. The molecule has 0 radical (unpaired) electrons. The van der Waals surface area contributed by atoms with Gasteiger partial charge in [0.15, 0.2) is 5.78 Å². The second kappa shape index (κ2) is 7.64. The Kier molecular flexibility index (Phi) is 5.33. The molecule has 24 heavy (non-hydrogen) atoms. The number of nitrogens with one attached hydrogen (secondary N) is 1. The van der Waals surface area contributed by atoms with Gasteiger partial charge in [0.1, 0.15) is 18.5 Å². The smallest absolute Gasteiger partial charge is 0.159 e. The van der Waals surface area contributed by atoms with Crippen LogP contribution in [0.15, 0.2) is 42.6 Å². The molecular weight excluding hydrogens is 304 g/mol. The van der Waals surface area contributed by atoms with Gasteiger partial charge in [-0.15, -0.1) is 0 Å². The Hall–Kier alpha value is -2.11. The van der Waals surface area contributed by atoms with E-state index in [2.05, 4.69) is 16.0 Å². The van der Waals surface area contributed by atoms with Crippen molar-refractivity contribution in [1.29, 1.82) is 0 Å². The zero-order valence-electron chi connectivity index (χ0n) is 13.9. The van der Waals surface area contributed by atoms with Crippen molar-refractivity contribution in [2.45, 2.75) is 31.9 Å². The number of aliphatic hydroxyl groups is 1. The van der Waals surface area contributed by atoms with Crippen LogP contribution in [0.1, 0.15) is 41.9 Å². The Morgan fingerprint density at radius 1 is 1.42 bits per heavy atom. The summed E-state index contributed by atoms with van der Waals surface area (Å²) < 4.78 is 5.66. The van der Waals surface area contributed by atoms with Crippen LogP contribution in [0.25, 0.3) is 0 Å². The van der Waals surface area contributed by atoms with Crippen LogP contribution in [-0.2, 0) is 0 Å². The predicted molar refractivity (Wildman–Crippen MR) is 92.3 cm³/mol. The molecule has 3 rings (SSSR count). The van der Waals surface area contributed by atoms with Crippen molar-refractivity contribution in [3.63, 3.8) is 0 Å². The minimum atomic E-state index is -0.568. The van der Waals surface area contributed by atoms with Gasteiger partial charge in [-0.25, -0.2) is 0 Å². The van der Waals surface area contributed by atoms with Gasteiger partial charge in [-0.05, 0) is 50.6 Å². The summed E-state index contributed by atoms with van der Waals surface area (Å²) in [7, 11) is 0. The van der Waals surface area contributed by atoms with E-state index in [9.17, 15) is 9.90 Å². The molecule has 1 aliphatic heterocycles. The van der Waals surface area contributed by atoms with E-state index in [-0.39, 0.29) is 12.4 Å². The number of aliphatic hydroxyl groups excluding tert-OH is 1. The van der Waals surface area contributed by atoms with E-state index in [0.717, 1.165) is 19.4 Å². The number of likely N-dealkylation sites (tertiary alicyclic amines) is 1. The van der Waals surface area contributed by atoms with E-state index < -0.39 is 6.10 Å². The first kappa shape index (κ1) is 16.7. The lowest BCUT2D eigenvalue weighted by Crippen LogP contribution is -2.35. The molecule has 2 heterocycles. The van der Waals surface area contributed by atoms with Crippen LogP contribution < -0.4 is 4.74 Å². The largest absolute Gasteiger partial charge is 0.491 e. The monoisotopic (exact) mass is 328 g/mol. The minimum Gasteiger partial charge on any atom is -0.491 e. The Balaban J connectivity index is 1.53. The van der Waals surface area contributed by atoms with Crippen molar-refractivity contribution in [3.8, 4) is 5.75 Å². The lowest BCUT2D eigenvalue weighted by atomic mass is 10.1. The number of Topliss-reactive ketones (excluding diaryl/α,β-unsaturated/α-hetero) is 1. The van der Waals surface area contributed by atoms with E-state index in [4.69, 9.17) is 4.74 Å². The highest BCUT2D eigenvalue weighted by atomic mass is 16.5. The summed E-state index contributed by atoms with van der Waals surface area (Å²) in [4.78, 5) is 17.0. The lowest BCUT2D eigenvalue weighted by molar-refractivity contribution is 0.0633. The molecule has 1 aliphatic rings. The van der Waals surface area contributed by atoms with Crippen LogP contribution in [0.3, 0.4) is 0 Å². The third-order valence-corrected chi connectivity index (χ3v) is 4.47. The molecule has 1 saturated heterocycles. The Labute approximate surface area is 142 Å². The summed E-state index contributed by atoms with van der Waals surface area (Å²) in [5.74, 6) is 0.621. The lowest BCUT2D eigenvalue weighted by Gasteiger charge is -2.26. The third-order valence-electron chi connectivity index (χ3n) is 4.47. The Morgan fingerprint density at radius 2 is 2.29 bits per heavy atom. The third kappa shape index (κ3) is 4.04. The highest BCUT2D eigenvalue weighted by molar-refractivity contribution is 5.94. The van der Waals surface area contributed by atoms with Crippen LogP contribution in [0.4, 0.5) is 0 Å². The van der Waals surface area contributed by atoms with Crippen LogP contribution in [0.2, 0.25) is 0 Å². The van der Waals surface area contributed by atoms with Gasteiger partial charge in [0.2, 0.25) is 0 Å². The average Bonchev–Trinajstić information content (AvgIpc) is 3.24. The zero-order valence-corrected chi connectivity index (χ0v) is 13.9.